The largest absolute Gasteiger partial charge is 0.465 e. The number of carbonyl (C=O) groups is 2. The van der Waals surface area contributed by atoms with Crippen LogP contribution in [0.5, 0.6) is 0 Å². The summed E-state index contributed by atoms with van der Waals surface area (Å²) in [5.41, 5.74) is 2.56. The van der Waals surface area contributed by atoms with Crippen LogP contribution in [-0.2, 0) is 16.0 Å². The lowest BCUT2D eigenvalue weighted by Gasteiger charge is -2.06. The van der Waals surface area contributed by atoms with Gasteiger partial charge in [-0.25, -0.2) is 14.2 Å². The number of aryl methyl sites for hydroxylation is 1. The maximum Gasteiger partial charge on any atom is 0.337 e. The maximum atomic E-state index is 13.0. The van der Waals surface area contributed by atoms with Crippen LogP contribution in [0.4, 0.5) is 10.1 Å². The molecule has 0 bridgehead atoms. The highest BCUT2D eigenvalue weighted by molar-refractivity contribution is 7.13. The molecule has 1 heterocycles. The van der Waals surface area contributed by atoms with Gasteiger partial charge < -0.3 is 10.1 Å². The van der Waals surface area contributed by atoms with Crippen LogP contribution in [0.25, 0.3) is 10.6 Å². The van der Waals surface area contributed by atoms with Crippen molar-refractivity contribution in [2.45, 2.75) is 12.8 Å². The molecule has 0 aliphatic carbocycles. The van der Waals surface area contributed by atoms with Gasteiger partial charge in [-0.2, -0.15) is 0 Å². The summed E-state index contributed by atoms with van der Waals surface area (Å²) in [6, 6.07) is 12.7. The first-order valence-electron chi connectivity index (χ1n) is 8.24. The van der Waals surface area contributed by atoms with Crippen LogP contribution in [-0.4, -0.2) is 24.0 Å². The molecule has 1 amide bonds. The molecule has 1 aromatic heterocycles. The van der Waals surface area contributed by atoms with Gasteiger partial charge in [0, 0.05) is 23.1 Å². The van der Waals surface area contributed by atoms with Gasteiger partial charge >= 0.3 is 5.97 Å². The summed E-state index contributed by atoms with van der Waals surface area (Å²) in [6.07, 6.45) is 0.745. The van der Waals surface area contributed by atoms with E-state index in [4.69, 9.17) is 0 Å². The average molecular weight is 384 g/mol. The molecule has 2 aromatic carbocycles. The highest BCUT2D eigenvalue weighted by Gasteiger charge is 2.10. The fraction of sp³-hybridized carbons (Fsp3) is 0.150. The number of hydrogen-bond donors (Lipinski definition) is 1. The van der Waals surface area contributed by atoms with E-state index in [-0.39, 0.29) is 18.1 Å². The number of ether oxygens (including phenoxy) is 1. The molecule has 0 spiro atoms. The molecule has 0 aliphatic heterocycles. The van der Waals surface area contributed by atoms with Crippen LogP contribution < -0.4 is 5.32 Å². The summed E-state index contributed by atoms with van der Waals surface area (Å²) in [7, 11) is 1.31. The first kappa shape index (κ1) is 18.7. The van der Waals surface area contributed by atoms with E-state index in [1.807, 2.05) is 5.38 Å². The second-order valence-corrected chi connectivity index (χ2v) is 6.63. The Morgan fingerprint density at radius 3 is 2.70 bits per heavy atom. The van der Waals surface area contributed by atoms with Gasteiger partial charge in [0.15, 0.2) is 0 Å². The molecule has 0 saturated heterocycles. The van der Waals surface area contributed by atoms with Gasteiger partial charge in [0.1, 0.15) is 10.8 Å². The molecule has 0 radical (unpaired) electrons. The Bertz CT molecular complexity index is 954. The quantitative estimate of drug-likeness (QED) is 0.643. The number of halogens is 1. The molecule has 3 rings (SSSR count). The molecule has 0 saturated carbocycles. The van der Waals surface area contributed by atoms with Crippen molar-refractivity contribution >= 4 is 28.9 Å². The number of aromatic nitrogens is 1. The standard InChI is InChI=1S/C20H17FN2O3S/c1-26-20(25)14-3-2-4-16(11-14)22-18(24)10-9-17-12-27-19(23-17)13-5-7-15(21)8-6-13/h2-8,11-12H,9-10H2,1H3,(H,22,24). The molecule has 0 fully saturated rings. The van der Waals surface area contributed by atoms with E-state index >= 15 is 0 Å². The maximum absolute atomic E-state index is 13.0. The van der Waals surface area contributed by atoms with E-state index < -0.39 is 5.97 Å². The minimum atomic E-state index is -0.457. The highest BCUT2D eigenvalue weighted by Crippen LogP contribution is 2.24. The fourth-order valence-electron chi connectivity index (χ4n) is 2.45. The first-order valence-corrected chi connectivity index (χ1v) is 9.11. The molecule has 1 N–H and O–H groups in total. The number of rotatable bonds is 6. The van der Waals surface area contributed by atoms with Crippen LogP contribution >= 0.6 is 11.3 Å². The number of esters is 1. The summed E-state index contributed by atoms with van der Waals surface area (Å²) in [4.78, 5) is 28.2. The summed E-state index contributed by atoms with van der Waals surface area (Å²) in [6.45, 7) is 0. The van der Waals surface area contributed by atoms with Crippen molar-refractivity contribution in [3.05, 3.63) is 71.0 Å². The van der Waals surface area contributed by atoms with Crippen molar-refractivity contribution in [2.75, 3.05) is 12.4 Å². The SMILES string of the molecule is COC(=O)c1cccc(NC(=O)CCc2csc(-c3ccc(F)cc3)n2)c1. The third kappa shape index (κ3) is 4.98. The second kappa shape index (κ2) is 8.55. The summed E-state index contributed by atoms with van der Waals surface area (Å²) < 4.78 is 17.7. The molecule has 0 atom stereocenters. The average Bonchev–Trinajstić information content (AvgIpc) is 3.15. The molecular weight excluding hydrogens is 367 g/mol. The predicted octanol–water partition coefficient (Wildman–Crippen LogP) is 4.31. The number of hydrogen-bond acceptors (Lipinski definition) is 5. The van der Waals surface area contributed by atoms with E-state index in [1.165, 1.54) is 30.6 Å². The number of benzene rings is 2. The number of nitrogens with one attached hydrogen (secondary N) is 1. The van der Waals surface area contributed by atoms with Crippen molar-refractivity contribution in [2.24, 2.45) is 0 Å². The van der Waals surface area contributed by atoms with Gasteiger partial charge in [0.2, 0.25) is 5.91 Å². The third-order valence-electron chi connectivity index (χ3n) is 3.82. The van der Waals surface area contributed by atoms with Gasteiger partial charge in [0.05, 0.1) is 18.4 Å². The zero-order valence-electron chi connectivity index (χ0n) is 14.6. The Balaban J connectivity index is 1.57. The highest BCUT2D eigenvalue weighted by atomic mass is 32.1. The van der Waals surface area contributed by atoms with Crippen molar-refractivity contribution < 1.29 is 18.7 Å². The number of nitrogens with zero attached hydrogens (tertiary/aromatic N) is 1. The number of methoxy groups -OCH3 is 1. The van der Waals surface area contributed by atoms with Crippen LogP contribution in [0.2, 0.25) is 0 Å². The molecule has 27 heavy (non-hydrogen) atoms. The Hall–Kier alpha value is -3.06. The number of thiazole rings is 1. The van der Waals surface area contributed by atoms with Crippen LogP contribution in [0.1, 0.15) is 22.5 Å². The number of amides is 1. The third-order valence-corrected chi connectivity index (χ3v) is 4.76. The lowest BCUT2D eigenvalue weighted by atomic mass is 10.2. The molecule has 138 valence electrons. The summed E-state index contributed by atoms with van der Waals surface area (Å²) in [5.74, 6) is -0.918. The normalized spacial score (nSPS) is 10.4. The Labute approximate surface area is 159 Å². The lowest BCUT2D eigenvalue weighted by molar-refractivity contribution is -0.116. The Morgan fingerprint density at radius 1 is 1.19 bits per heavy atom. The lowest BCUT2D eigenvalue weighted by Crippen LogP contribution is -2.13. The smallest absolute Gasteiger partial charge is 0.337 e. The zero-order chi connectivity index (χ0) is 19.2. The van der Waals surface area contributed by atoms with Gasteiger partial charge in [-0.3, -0.25) is 4.79 Å². The fourth-order valence-corrected chi connectivity index (χ4v) is 3.31. The minimum Gasteiger partial charge on any atom is -0.465 e. The van der Waals surface area contributed by atoms with E-state index in [2.05, 4.69) is 15.0 Å². The second-order valence-electron chi connectivity index (χ2n) is 5.77. The van der Waals surface area contributed by atoms with Crippen LogP contribution in [0.3, 0.4) is 0 Å². The van der Waals surface area contributed by atoms with Gasteiger partial charge in [-0.1, -0.05) is 6.07 Å². The van der Waals surface area contributed by atoms with Crippen molar-refractivity contribution in [1.82, 2.24) is 4.98 Å². The van der Waals surface area contributed by atoms with Crippen molar-refractivity contribution in [3.8, 4) is 10.6 Å². The van der Waals surface area contributed by atoms with Crippen LogP contribution in [0, 0.1) is 5.82 Å². The molecule has 7 heteroatoms. The monoisotopic (exact) mass is 384 g/mol. The zero-order valence-corrected chi connectivity index (χ0v) is 15.4. The van der Waals surface area contributed by atoms with Gasteiger partial charge in [0.25, 0.3) is 0 Å². The molecule has 5 nitrogen and oxygen atoms in total. The predicted molar refractivity (Wildman–Crippen MR) is 102 cm³/mol. The first-order chi connectivity index (χ1) is 13.0. The van der Waals surface area contributed by atoms with E-state index in [1.54, 1.807) is 36.4 Å². The van der Waals surface area contributed by atoms with Crippen molar-refractivity contribution in [3.63, 3.8) is 0 Å². The van der Waals surface area contributed by atoms with Gasteiger partial charge in [-0.15, -0.1) is 11.3 Å². The molecule has 3 aromatic rings. The minimum absolute atomic E-state index is 0.173. The van der Waals surface area contributed by atoms with Crippen molar-refractivity contribution in [1.29, 1.82) is 0 Å². The number of anilines is 1. The molecular formula is C20H17FN2O3S. The van der Waals surface area contributed by atoms with Gasteiger partial charge in [-0.05, 0) is 48.9 Å². The van der Waals surface area contributed by atoms with E-state index in [0.29, 0.717) is 17.7 Å². The summed E-state index contributed by atoms with van der Waals surface area (Å²) >= 11 is 1.46. The molecule has 0 unspecified atom stereocenters. The Kier molecular flexibility index (Phi) is 5.93. The summed E-state index contributed by atoms with van der Waals surface area (Å²) in [5, 5.41) is 5.44. The van der Waals surface area contributed by atoms with E-state index in [9.17, 15) is 14.0 Å². The van der Waals surface area contributed by atoms with Crippen LogP contribution in [0.15, 0.2) is 53.9 Å². The molecule has 0 aliphatic rings. The Morgan fingerprint density at radius 2 is 1.96 bits per heavy atom. The number of carbonyl (C=O) groups excluding carboxylic acids is 2. The topological polar surface area (TPSA) is 68.3 Å². The van der Waals surface area contributed by atoms with E-state index in [0.717, 1.165) is 16.3 Å².